The van der Waals surface area contributed by atoms with Gasteiger partial charge in [-0.2, -0.15) is 5.10 Å². The van der Waals surface area contributed by atoms with Gasteiger partial charge in [0.05, 0.1) is 21.9 Å². The first-order valence-electron chi connectivity index (χ1n) is 6.90. The summed E-state index contributed by atoms with van der Waals surface area (Å²) in [4.78, 5) is 0. The molecule has 0 saturated heterocycles. The van der Waals surface area contributed by atoms with Gasteiger partial charge in [0.1, 0.15) is 0 Å². The molecule has 1 aromatic heterocycles. The Morgan fingerprint density at radius 2 is 2.10 bits per heavy atom. The number of fused-ring (bicyclic) bond motifs is 1. The van der Waals surface area contributed by atoms with Gasteiger partial charge in [0.2, 0.25) is 0 Å². The number of nitrogens with zero attached hydrogens (tertiary/aromatic N) is 2. The third-order valence-electron chi connectivity index (χ3n) is 3.93. The predicted octanol–water partition coefficient (Wildman–Crippen LogP) is 4.17. The van der Waals surface area contributed by atoms with Gasteiger partial charge in [-0.1, -0.05) is 29.6 Å². The van der Waals surface area contributed by atoms with Crippen LogP contribution in [-0.2, 0) is 6.42 Å². The molecule has 20 heavy (non-hydrogen) atoms. The molecule has 1 N–H and O–H groups in total. The minimum absolute atomic E-state index is 0.393. The highest BCUT2D eigenvalue weighted by atomic mass is 35.5. The van der Waals surface area contributed by atoms with Crippen LogP contribution in [0.1, 0.15) is 36.6 Å². The zero-order valence-electron chi connectivity index (χ0n) is 11.4. The van der Waals surface area contributed by atoms with Crippen LogP contribution in [0.15, 0.2) is 24.4 Å². The molecule has 3 nitrogen and oxygen atoms in total. The van der Waals surface area contributed by atoms with Crippen molar-refractivity contribution in [3.63, 3.8) is 0 Å². The van der Waals surface area contributed by atoms with Crippen molar-refractivity contribution >= 4 is 23.2 Å². The molecule has 0 radical (unpaired) electrons. The average Bonchev–Trinajstić information content (AvgIpc) is 2.75. The molecule has 0 bridgehead atoms. The summed E-state index contributed by atoms with van der Waals surface area (Å²) in [5.41, 5.74) is 3.55. The maximum Gasteiger partial charge on any atom is 0.0664 e. The Hall–Kier alpha value is -1.03. The smallest absolute Gasteiger partial charge is 0.0664 e. The molecule has 0 amide bonds. The highest BCUT2D eigenvalue weighted by molar-refractivity contribution is 6.42. The maximum absolute atomic E-state index is 6.12. The van der Waals surface area contributed by atoms with E-state index in [-0.39, 0.29) is 0 Å². The van der Waals surface area contributed by atoms with Crippen LogP contribution in [-0.4, -0.2) is 16.8 Å². The van der Waals surface area contributed by atoms with E-state index in [1.807, 2.05) is 36.1 Å². The Labute approximate surface area is 128 Å². The van der Waals surface area contributed by atoms with Crippen LogP contribution < -0.4 is 5.32 Å². The molecular formula is C15H17Cl2N3. The summed E-state index contributed by atoms with van der Waals surface area (Å²) in [7, 11) is 2.01. The van der Waals surface area contributed by atoms with Crippen molar-refractivity contribution in [3.05, 3.63) is 45.7 Å². The predicted molar refractivity (Wildman–Crippen MR) is 82.9 cm³/mol. The van der Waals surface area contributed by atoms with Crippen molar-refractivity contribution in [2.24, 2.45) is 0 Å². The second-order valence-corrected chi connectivity index (χ2v) is 5.96. The Bertz CT molecular complexity index is 622. The molecule has 5 heteroatoms. The summed E-state index contributed by atoms with van der Waals surface area (Å²) in [6.07, 6.45) is 6.62. The number of aromatic nitrogens is 2. The first-order valence-corrected chi connectivity index (χ1v) is 7.66. The van der Waals surface area contributed by atoms with Crippen LogP contribution in [0.25, 0.3) is 5.69 Å². The van der Waals surface area contributed by atoms with E-state index in [0.717, 1.165) is 18.5 Å². The molecule has 1 aliphatic rings. The van der Waals surface area contributed by atoms with Crippen LogP contribution in [0, 0.1) is 0 Å². The monoisotopic (exact) mass is 309 g/mol. The Balaban J connectivity index is 2.07. The fraction of sp³-hybridized carbons (Fsp3) is 0.400. The van der Waals surface area contributed by atoms with E-state index in [1.165, 1.54) is 24.1 Å². The normalized spacial score (nSPS) is 18.6. The van der Waals surface area contributed by atoms with Crippen molar-refractivity contribution in [3.8, 4) is 5.69 Å². The molecule has 0 aliphatic heterocycles. The molecule has 1 aromatic carbocycles. The van der Waals surface area contributed by atoms with Gasteiger partial charge in [0.15, 0.2) is 0 Å². The number of halogens is 2. The topological polar surface area (TPSA) is 29.9 Å². The lowest BCUT2D eigenvalue weighted by molar-refractivity contribution is 0.533. The van der Waals surface area contributed by atoms with Gasteiger partial charge >= 0.3 is 0 Å². The fourth-order valence-corrected chi connectivity index (χ4v) is 3.16. The number of nitrogens with one attached hydrogen (secondary N) is 1. The summed E-state index contributed by atoms with van der Waals surface area (Å²) in [5, 5.41) is 9.07. The first-order chi connectivity index (χ1) is 9.70. The summed E-state index contributed by atoms with van der Waals surface area (Å²) in [5.74, 6) is 0. The highest BCUT2D eigenvalue weighted by Gasteiger charge is 2.22. The molecule has 0 spiro atoms. The van der Waals surface area contributed by atoms with Crippen molar-refractivity contribution < 1.29 is 0 Å². The van der Waals surface area contributed by atoms with Gasteiger partial charge in [0, 0.05) is 17.3 Å². The van der Waals surface area contributed by atoms with Crippen molar-refractivity contribution in [1.29, 1.82) is 0 Å². The fourth-order valence-electron chi connectivity index (χ4n) is 2.86. The lowest BCUT2D eigenvalue weighted by Crippen LogP contribution is -2.16. The minimum atomic E-state index is 0.393. The molecule has 1 aliphatic carbocycles. The summed E-state index contributed by atoms with van der Waals surface area (Å²) in [6, 6.07) is 6.04. The van der Waals surface area contributed by atoms with Gasteiger partial charge in [-0.3, -0.25) is 0 Å². The Morgan fingerprint density at radius 3 is 2.85 bits per heavy atom. The molecule has 1 heterocycles. The van der Waals surface area contributed by atoms with Crippen molar-refractivity contribution in [2.75, 3.05) is 7.05 Å². The molecule has 2 aromatic rings. The van der Waals surface area contributed by atoms with E-state index in [1.54, 1.807) is 0 Å². The van der Waals surface area contributed by atoms with Gasteiger partial charge in [-0.25, -0.2) is 4.68 Å². The highest BCUT2D eigenvalue weighted by Crippen LogP contribution is 2.31. The molecule has 3 rings (SSSR count). The van der Waals surface area contributed by atoms with Crippen LogP contribution in [0.2, 0.25) is 10.0 Å². The van der Waals surface area contributed by atoms with E-state index in [4.69, 9.17) is 23.2 Å². The average molecular weight is 310 g/mol. The molecule has 0 saturated carbocycles. The molecule has 0 fully saturated rings. The number of benzene rings is 1. The van der Waals surface area contributed by atoms with Crippen LogP contribution >= 0.6 is 23.2 Å². The summed E-state index contributed by atoms with van der Waals surface area (Å²) < 4.78 is 1.99. The van der Waals surface area contributed by atoms with E-state index in [2.05, 4.69) is 10.4 Å². The number of rotatable bonds is 2. The van der Waals surface area contributed by atoms with E-state index in [9.17, 15) is 0 Å². The lowest BCUT2D eigenvalue weighted by atomic mass is 10.1. The third kappa shape index (κ3) is 2.46. The van der Waals surface area contributed by atoms with Gasteiger partial charge in [0.25, 0.3) is 0 Å². The lowest BCUT2D eigenvalue weighted by Gasteiger charge is -2.13. The molecule has 1 atom stereocenters. The third-order valence-corrected chi connectivity index (χ3v) is 4.67. The minimum Gasteiger partial charge on any atom is -0.313 e. The van der Waals surface area contributed by atoms with Gasteiger partial charge in [-0.05, 0) is 44.5 Å². The van der Waals surface area contributed by atoms with E-state index in [0.29, 0.717) is 16.1 Å². The van der Waals surface area contributed by atoms with Crippen LogP contribution in [0.3, 0.4) is 0 Å². The van der Waals surface area contributed by atoms with E-state index < -0.39 is 0 Å². The summed E-state index contributed by atoms with van der Waals surface area (Å²) >= 11 is 12.1. The van der Waals surface area contributed by atoms with Crippen LogP contribution in [0.4, 0.5) is 0 Å². The van der Waals surface area contributed by atoms with Gasteiger partial charge in [-0.15, -0.1) is 0 Å². The Kier molecular flexibility index (Phi) is 4.01. The zero-order valence-corrected chi connectivity index (χ0v) is 12.9. The summed E-state index contributed by atoms with van der Waals surface area (Å²) in [6.45, 7) is 0. The number of hydrogen-bond donors (Lipinski definition) is 1. The first kappa shape index (κ1) is 13.9. The van der Waals surface area contributed by atoms with E-state index >= 15 is 0 Å². The standard InChI is InChI=1S/C15H17Cl2N3/c1-18-14-4-2-3-5-15-11(14)9-19-20(15)10-6-7-12(16)13(17)8-10/h6-9,14,18H,2-5H2,1H3. The zero-order chi connectivity index (χ0) is 14.1. The molecule has 1 unspecified atom stereocenters. The second kappa shape index (κ2) is 5.76. The molecule has 106 valence electrons. The Morgan fingerprint density at radius 1 is 1.25 bits per heavy atom. The molecular weight excluding hydrogens is 293 g/mol. The maximum atomic E-state index is 6.12. The van der Waals surface area contributed by atoms with Crippen molar-refractivity contribution in [2.45, 2.75) is 31.7 Å². The SMILES string of the molecule is CNC1CCCCc2c1cnn2-c1ccc(Cl)c(Cl)c1. The van der Waals surface area contributed by atoms with Crippen LogP contribution in [0.5, 0.6) is 0 Å². The largest absolute Gasteiger partial charge is 0.313 e. The second-order valence-electron chi connectivity index (χ2n) is 5.14. The van der Waals surface area contributed by atoms with Gasteiger partial charge < -0.3 is 5.32 Å². The number of hydrogen-bond acceptors (Lipinski definition) is 2. The quantitative estimate of drug-likeness (QED) is 0.844. The van der Waals surface area contributed by atoms with Crippen molar-refractivity contribution in [1.82, 2.24) is 15.1 Å².